The summed E-state index contributed by atoms with van der Waals surface area (Å²) in [5.74, 6) is 0.945. The van der Waals surface area contributed by atoms with Crippen molar-refractivity contribution in [3.05, 3.63) is 30.3 Å². The van der Waals surface area contributed by atoms with Gasteiger partial charge in [0.15, 0.2) is 0 Å². The molecule has 0 aliphatic carbocycles. The molecule has 0 heterocycles. The lowest BCUT2D eigenvalue weighted by atomic mass is 10.3. The summed E-state index contributed by atoms with van der Waals surface area (Å²) in [4.78, 5) is 0. The summed E-state index contributed by atoms with van der Waals surface area (Å²) < 4.78 is 11.1. The molecule has 0 radical (unpaired) electrons. The van der Waals surface area contributed by atoms with Crippen LogP contribution in [0.15, 0.2) is 30.3 Å². The third kappa shape index (κ3) is 8.09. The van der Waals surface area contributed by atoms with Gasteiger partial charge < -0.3 is 14.8 Å². The Morgan fingerprint density at radius 2 is 1.78 bits per heavy atom. The molecule has 0 fully saturated rings. The fourth-order valence-electron chi connectivity index (χ4n) is 1.52. The molecule has 1 aromatic carbocycles. The highest BCUT2D eigenvalue weighted by Crippen LogP contribution is 2.07. The number of unbranched alkanes of at least 4 members (excludes halogenated alkanes) is 1. The standard InChI is InChI=1S/C15H25NO2/c1-2-3-12-17-14-11-16-10-7-13-18-15-8-5-4-6-9-15/h4-6,8-9,16H,2-3,7,10-14H2,1H3. The Bertz CT molecular complexity index is 277. The van der Waals surface area contributed by atoms with E-state index in [4.69, 9.17) is 9.47 Å². The molecule has 0 unspecified atom stereocenters. The zero-order valence-electron chi connectivity index (χ0n) is 11.4. The smallest absolute Gasteiger partial charge is 0.119 e. The molecule has 0 spiro atoms. The molecule has 0 bridgehead atoms. The van der Waals surface area contributed by atoms with E-state index in [1.54, 1.807) is 0 Å². The normalized spacial score (nSPS) is 10.5. The van der Waals surface area contributed by atoms with E-state index >= 15 is 0 Å². The summed E-state index contributed by atoms with van der Waals surface area (Å²) in [6.07, 6.45) is 3.37. The van der Waals surface area contributed by atoms with Crippen molar-refractivity contribution in [3.63, 3.8) is 0 Å². The number of para-hydroxylation sites is 1. The third-order valence-corrected chi connectivity index (χ3v) is 2.58. The Labute approximate surface area is 110 Å². The molecule has 102 valence electrons. The molecule has 0 saturated carbocycles. The van der Waals surface area contributed by atoms with Gasteiger partial charge in [0.25, 0.3) is 0 Å². The van der Waals surface area contributed by atoms with Crippen LogP contribution in [0.1, 0.15) is 26.2 Å². The van der Waals surface area contributed by atoms with Gasteiger partial charge in [-0.15, -0.1) is 0 Å². The van der Waals surface area contributed by atoms with Crippen LogP contribution in [-0.2, 0) is 4.74 Å². The van der Waals surface area contributed by atoms with Gasteiger partial charge in [-0.05, 0) is 31.5 Å². The molecule has 0 aromatic heterocycles. The summed E-state index contributed by atoms with van der Waals surface area (Å²) in [7, 11) is 0. The number of hydrogen-bond acceptors (Lipinski definition) is 3. The van der Waals surface area contributed by atoms with E-state index in [0.717, 1.165) is 51.5 Å². The highest BCUT2D eigenvalue weighted by Gasteiger charge is 1.92. The predicted octanol–water partition coefficient (Wildman–Crippen LogP) is 2.86. The van der Waals surface area contributed by atoms with Crippen molar-refractivity contribution in [2.75, 3.05) is 32.9 Å². The van der Waals surface area contributed by atoms with Gasteiger partial charge in [-0.1, -0.05) is 31.5 Å². The van der Waals surface area contributed by atoms with Crippen LogP contribution in [0.4, 0.5) is 0 Å². The van der Waals surface area contributed by atoms with Gasteiger partial charge in [-0.3, -0.25) is 0 Å². The maximum atomic E-state index is 5.59. The van der Waals surface area contributed by atoms with Gasteiger partial charge in [0.05, 0.1) is 13.2 Å². The van der Waals surface area contributed by atoms with Crippen LogP contribution in [0.25, 0.3) is 0 Å². The van der Waals surface area contributed by atoms with E-state index in [1.807, 2.05) is 30.3 Å². The number of benzene rings is 1. The Morgan fingerprint density at radius 3 is 2.56 bits per heavy atom. The Kier molecular flexibility index (Phi) is 9.21. The Hall–Kier alpha value is -1.06. The van der Waals surface area contributed by atoms with Gasteiger partial charge in [0, 0.05) is 13.2 Å². The van der Waals surface area contributed by atoms with Crippen LogP contribution in [0, 0.1) is 0 Å². The maximum absolute atomic E-state index is 5.59. The molecule has 3 nitrogen and oxygen atoms in total. The Morgan fingerprint density at radius 1 is 0.944 bits per heavy atom. The van der Waals surface area contributed by atoms with Gasteiger partial charge in [-0.2, -0.15) is 0 Å². The Balaban J connectivity index is 1.82. The van der Waals surface area contributed by atoms with Crippen molar-refractivity contribution in [1.82, 2.24) is 5.32 Å². The number of hydrogen-bond donors (Lipinski definition) is 1. The first-order valence-electron chi connectivity index (χ1n) is 6.90. The second-order valence-electron chi connectivity index (χ2n) is 4.23. The van der Waals surface area contributed by atoms with Crippen molar-refractivity contribution in [2.24, 2.45) is 0 Å². The lowest BCUT2D eigenvalue weighted by molar-refractivity contribution is 0.133. The molecule has 0 aliphatic heterocycles. The fraction of sp³-hybridized carbons (Fsp3) is 0.600. The van der Waals surface area contributed by atoms with E-state index in [2.05, 4.69) is 12.2 Å². The van der Waals surface area contributed by atoms with E-state index in [9.17, 15) is 0 Å². The summed E-state index contributed by atoms with van der Waals surface area (Å²) in [5.41, 5.74) is 0. The number of rotatable bonds is 11. The molecule has 0 saturated heterocycles. The molecule has 0 atom stereocenters. The van der Waals surface area contributed by atoms with E-state index in [-0.39, 0.29) is 0 Å². The first-order chi connectivity index (χ1) is 8.93. The molecule has 1 N–H and O–H groups in total. The zero-order valence-corrected chi connectivity index (χ0v) is 11.4. The van der Waals surface area contributed by atoms with Crippen LogP contribution >= 0.6 is 0 Å². The van der Waals surface area contributed by atoms with Crippen molar-refractivity contribution < 1.29 is 9.47 Å². The minimum absolute atomic E-state index is 0.758. The van der Waals surface area contributed by atoms with Crippen molar-refractivity contribution >= 4 is 0 Å². The van der Waals surface area contributed by atoms with Gasteiger partial charge in [-0.25, -0.2) is 0 Å². The van der Waals surface area contributed by atoms with E-state index < -0.39 is 0 Å². The molecule has 18 heavy (non-hydrogen) atoms. The maximum Gasteiger partial charge on any atom is 0.119 e. The monoisotopic (exact) mass is 251 g/mol. The molecule has 1 rings (SSSR count). The van der Waals surface area contributed by atoms with Crippen LogP contribution in [0.5, 0.6) is 5.75 Å². The van der Waals surface area contributed by atoms with E-state index in [1.165, 1.54) is 6.42 Å². The predicted molar refractivity (Wildman–Crippen MR) is 75.2 cm³/mol. The third-order valence-electron chi connectivity index (χ3n) is 2.58. The average Bonchev–Trinajstić information content (AvgIpc) is 2.42. The lowest BCUT2D eigenvalue weighted by Crippen LogP contribution is -2.22. The SMILES string of the molecule is CCCCOCCNCCCOc1ccccc1. The molecule has 0 amide bonds. The quantitative estimate of drug-likeness (QED) is 0.613. The van der Waals surface area contributed by atoms with Crippen molar-refractivity contribution in [2.45, 2.75) is 26.2 Å². The summed E-state index contributed by atoms with van der Waals surface area (Å²) >= 11 is 0. The molecule has 3 heteroatoms. The second kappa shape index (κ2) is 11.1. The molecule has 0 aliphatic rings. The first-order valence-corrected chi connectivity index (χ1v) is 6.90. The minimum atomic E-state index is 0.758. The molecular formula is C15H25NO2. The highest BCUT2D eigenvalue weighted by molar-refractivity contribution is 5.20. The van der Waals surface area contributed by atoms with Gasteiger partial charge in [0.2, 0.25) is 0 Å². The summed E-state index contributed by atoms with van der Waals surface area (Å²) in [6, 6.07) is 9.93. The molecule has 1 aromatic rings. The number of nitrogens with one attached hydrogen (secondary N) is 1. The lowest BCUT2D eigenvalue weighted by Gasteiger charge is -2.07. The van der Waals surface area contributed by atoms with Crippen LogP contribution in [0.2, 0.25) is 0 Å². The summed E-state index contributed by atoms with van der Waals surface area (Å²) in [5, 5.41) is 3.34. The van der Waals surface area contributed by atoms with Crippen LogP contribution in [-0.4, -0.2) is 32.9 Å². The number of ether oxygens (including phenoxy) is 2. The zero-order chi connectivity index (χ0) is 12.9. The van der Waals surface area contributed by atoms with Crippen LogP contribution < -0.4 is 10.1 Å². The van der Waals surface area contributed by atoms with E-state index in [0.29, 0.717) is 0 Å². The van der Waals surface area contributed by atoms with Gasteiger partial charge >= 0.3 is 0 Å². The van der Waals surface area contributed by atoms with Gasteiger partial charge in [0.1, 0.15) is 5.75 Å². The van der Waals surface area contributed by atoms with Crippen molar-refractivity contribution in [1.29, 1.82) is 0 Å². The average molecular weight is 251 g/mol. The topological polar surface area (TPSA) is 30.5 Å². The second-order valence-corrected chi connectivity index (χ2v) is 4.23. The minimum Gasteiger partial charge on any atom is -0.494 e. The van der Waals surface area contributed by atoms with Crippen LogP contribution in [0.3, 0.4) is 0 Å². The highest BCUT2D eigenvalue weighted by atomic mass is 16.5. The fourth-order valence-corrected chi connectivity index (χ4v) is 1.52. The molecular weight excluding hydrogens is 226 g/mol. The largest absolute Gasteiger partial charge is 0.494 e. The summed E-state index contributed by atoms with van der Waals surface area (Å²) in [6.45, 7) is 6.52. The van der Waals surface area contributed by atoms with Crippen molar-refractivity contribution in [3.8, 4) is 5.75 Å². The first kappa shape index (κ1) is 15.0.